The van der Waals surface area contributed by atoms with Crippen LogP contribution in [0.2, 0.25) is 0 Å². The molecular weight excluding hydrogens is 255 g/mol. The lowest BCUT2D eigenvalue weighted by Crippen LogP contribution is -1.98. The molecule has 0 fully saturated rings. The van der Waals surface area contributed by atoms with Crippen LogP contribution in [0.5, 0.6) is 0 Å². The Hall–Kier alpha value is 0.230. The fourth-order valence-corrected chi connectivity index (χ4v) is 1.71. The van der Waals surface area contributed by atoms with Crippen LogP contribution in [-0.4, -0.2) is 18.1 Å². The van der Waals surface area contributed by atoms with E-state index in [9.17, 15) is 4.89 Å². The molecule has 5 nitrogen and oxygen atoms in total. The van der Waals surface area contributed by atoms with E-state index in [1.54, 1.807) is 0 Å². The Balaban J connectivity index is 3.10. The van der Waals surface area contributed by atoms with Crippen LogP contribution in [0.4, 0.5) is 0 Å². The van der Waals surface area contributed by atoms with Crippen LogP contribution >= 0.6 is 8.60 Å². The zero-order chi connectivity index (χ0) is 13.5. The molecular formula is C12H27O5P. The van der Waals surface area contributed by atoms with Crippen LogP contribution in [0.3, 0.4) is 0 Å². The number of hydrogen-bond donors (Lipinski definition) is 1. The highest BCUT2D eigenvalue weighted by atomic mass is 31.2. The molecule has 0 heterocycles. The molecule has 0 aliphatic rings. The molecule has 0 saturated heterocycles. The van der Waals surface area contributed by atoms with Crippen molar-refractivity contribution in [3.63, 3.8) is 0 Å². The Bertz CT molecular complexity index is 143. The van der Waals surface area contributed by atoms with E-state index in [0.29, 0.717) is 13.2 Å². The second-order valence-electron chi connectivity index (χ2n) is 4.15. The van der Waals surface area contributed by atoms with Gasteiger partial charge in [0.15, 0.2) is 0 Å². The van der Waals surface area contributed by atoms with Crippen LogP contribution < -0.4 is 0 Å². The number of rotatable bonds is 14. The van der Waals surface area contributed by atoms with E-state index in [2.05, 4.69) is 23.2 Å². The minimum absolute atomic E-state index is 0.471. The largest absolute Gasteiger partial charge is 0.389 e. The third kappa shape index (κ3) is 14.3. The number of unbranched alkanes of at least 4 members (excludes halogenated alkanes) is 6. The van der Waals surface area contributed by atoms with E-state index in [1.165, 1.54) is 25.7 Å². The minimum atomic E-state index is -2.07. The number of hydrogen-bond acceptors (Lipinski definition) is 5. The highest BCUT2D eigenvalue weighted by Crippen LogP contribution is 2.33. The second-order valence-corrected chi connectivity index (χ2v) is 4.93. The van der Waals surface area contributed by atoms with Gasteiger partial charge in [-0.1, -0.05) is 52.4 Å². The van der Waals surface area contributed by atoms with Crippen LogP contribution in [-0.2, 0) is 19.1 Å². The molecule has 0 atom stereocenters. The van der Waals surface area contributed by atoms with Gasteiger partial charge in [0.1, 0.15) is 0 Å². The molecule has 0 unspecified atom stereocenters. The highest BCUT2D eigenvalue weighted by Gasteiger charge is 2.08. The lowest BCUT2D eigenvalue weighted by molar-refractivity contribution is -0.267. The quantitative estimate of drug-likeness (QED) is 0.223. The van der Waals surface area contributed by atoms with E-state index >= 15 is 0 Å². The summed E-state index contributed by atoms with van der Waals surface area (Å²) in [7, 11) is -2.07. The molecule has 0 rings (SSSR count). The molecule has 0 aromatic rings. The first kappa shape index (κ1) is 18.2. The Labute approximate surface area is 112 Å². The predicted molar refractivity (Wildman–Crippen MR) is 71.5 cm³/mol. The van der Waals surface area contributed by atoms with Crippen molar-refractivity contribution in [3.8, 4) is 0 Å². The van der Waals surface area contributed by atoms with Gasteiger partial charge in [-0.15, -0.1) is 0 Å². The van der Waals surface area contributed by atoms with Gasteiger partial charge in [0.2, 0.25) is 0 Å². The summed E-state index contributed by atoms with van der Waals surface area (Å²) in [5.74, 6) is 0. The monoisotopic (exact) mass is 282 g/mol. The lowest BCUT2D eigenvalue weighted by atomic mass is 10.2. The lowest BCUT2D eigenvalue weighted by Gasteiger charge is -2.08. The Morgan fingerprint density at radius 2 is 1.17 bits per heavy atom. The van der Waals surface area contributed by atoms with E-state index in [4.69, 9.17) is 9.78 Å². The maximum absolute atomic E-state index is 9.22. The van der Waals surface area contributed by atoms with Gasteiger partial charge in [-0.25, -0.2) is 9.78 Å². The Morgan fingerprint density at radius 3 is 1.56 bits per heavy atom. The van der Waals surface area contributed by atoms with E-state index in [-0.39, 0.29) is 0 Å². The maximum Gasteiger partial charge on any atom is 0.389 e. The third-order valence-electron chi connectivity index (χ3n) is 2.40. The molecule has 0 aromatic carbocycles. The summed E-state index contributed by atoms with van der Waals surface area (Å²) < 4.78 is 9.25. The minimum Gasteiger partial charge on any atom is -0.325 e. The second kappa shape index (κ2) is 15.3. The standard InChI is InChI=1S/C12H27O5P/c1-3-5-7-9-11-14-16-18(13)17-15-12-10-8-6-4-2/h13H,3-12H2,1-2H3. The van der Waals surface area contributed by atoms with Gasteiger partial charge < -0.3 is 4.89 Å². The van der Waals surface area contributed by atoms with Gasteiger partial charge in [-0.3, -0.25) is 0 Å². The van der Waals surface area contributed by atoms with Crippen molar-refractivity contribution in [2.45, 2.75) is 65.2 Å². The molecule has 0 saturated carbocycles. The van der Waals surface area contributed by atoms with Crippen molar-refractivity contribution in [1.29, 1.82) is 0 Å². The Morgan fingerprint density at radius 1 is 0.722 bits per heavy atom. The van der Waals surface area contributed by atoms with Crippen LogP contribution in [0, 0.1) is 0 Å². The van der Waals surface area contributed by atoms with Crippen molar-refractivity contribution in [1.82, 2.24) is 0 Å². The molecule has 0 aliphatic heterocycles. The molecule has 6 heteroatoms. The van der Waals surface area contributed by atoms with Gasteiger partial charge in [0.05, 0.1) is 13.2 Å². The third-order valence-corrected chi connectivity index (χ3v) is 2.86. The van der Waals surface area contributed by atoms with Crippen LogP contribution in [0.25, 0.3) is 0 Å². The first-order valence-corrected chi connectivity index (χ1v) is 8.02. The van der Waals surface area contributed by atoms with Crippen molar-refractivity contribution < 1.29 is 24.0 Å². The maximum atomic E-state index is 9.22. The molecule has 0 radical (unpaired) electrons. The van der Waals surface area contributed by atoms with Crippen molar-refractivity contribution in [3.05, 3.63) is 0 Å². The van der Waals surface area contributed by atoms with Crippen molar-refractivity contribution in [2.24, 2.45) is 0 Å². The molecule has 18 heavy (non-hydrogen) atoms. The van der Waals surface area contributed by atoms with E-state index in [0.717, 1.165) is 25.7 Å². The summed E-state index contributed by atoms with van der Waals surface area (Å²) in [4.78, 5) is 18.8. The fraction of sp³-hybridized carbons (Fsp3) is 1.00. The zero-order valence-electron chi connectivity index (χ0n) is 11.6. The molecule has 0 bridgehead atoms. The Kier molecular flexibility index (Phi) is 15.5. The summed E-state index contributed by atoms with van der Waals surface area (Å²) in [5.41, 5.74) is 0. The SMILES string of the molecule is CCCCCCOOP(O)OOCCCCCC. The normalized spacial score (nSPS) is 11.3. The molecule has 1 N–H and O–H groups in total. The molecule has 0 amide bonds. The van der Waals surface area contributed by atoms with Gasteiger partial charge in [0.25, 0.3) is 0 Å². The van der Waals surface area contributed by atoms with E-state index in [1.807, 2.05) is 0 Å². The average molecular weight is 282 g/mol. The summed E-state index contributed by atoms with van der Waals surface area (Å²) in [6.45, 7) is 5.24. The first-order valence-electron chi connectivity index (χ1n) is 6.89. The molecule has 0 spiro atoms. The van der Waals surface area contributed by atoms with E-state index < -0.39 is 8.60 Å². The predicted octanol–water partition coefficient (Wildman–Crippen LogP) is 4.26. The molecule has 110 valence electrons. The fourth-order valence-electron chi connectivity index (χ4n) is 1.35. The summed E-state index contributed by atoms with van der Waals surface area (Å²) in [6.07, 6.45) is 8.81. The van der Waals surface area contributed by atoms with Crippen LogP contribution in [0.15, 0.2) is 0 Å². The van der Waals surface area contributed by atoms with Crippen LogP contribution in [0.1, 0.15) is 65.2 Å². The topological polar surface area (TPSA) is 57.2 Å². The smallest absolute Gasteiger partial charge is 0.325 e. The summed E-state index contributed by atoms with van der Waals surface area (Å²) in [5, 5.41) is 0. The van der Waals surface area contributed by atoms with Crippen molar-refractivity contribution in [2.75, 3.05) is 13.2 Å². The summed E-state index contributed by atoms with van der Waals surface area (Å²) >= 11 is 0. The average Bonchev–Trinajstić information content (AvgIpc) is 2.38. The molecule has 0 aromatic heterocycles. The van der Waals surface area contributed by atoms with Crippen molar-refractivity contribution >= 4 is 8.60 Å². The molecule has 0 aliphatic carbocycles. The van der Waals surface area contributed by atoms with Gasteiger partial charge in [0, 0.05) is 0 Å². The first-order chi connectivity index (χ1) is 8.81. The summed E-state index contributed by atoms with van der Waals surface area (Å²) in [6, 6.07) is 0. The van der Waals surface area contributed by atoms with Gasteiger partial charge in [-0.2, -0.15) is 9.35 Å². The zero-order valence-corrected chi connectivity index (χ0v) is 12.5. The van der Waals surface area contributed by atoms with Gasteiger partial charge in [-0.05, 0) is 12.8 Å². The van der Waals surface area contributed by atoms with Gasteiger partial charge >= 0.3 is 8.60 Å². The highest BCUT2D eigenvalue weighted by molar-refractivity contribution is 7.40.